The van der Waals surface area contributed by atoms with Gasteiger partial charge in [-0.25, -0.2) is 0 Å². The molecule has 0 fully saturated rings. The highest BCUT2D eigenvalue weighted by Gasteiger charge is 2.22. The largest absolute Gasteiger partial charge is 0.756 e. The predicted molar refractivity (Wildman–Crippen MR) is 393 cm³/mol. The molecule has 0 radical (unpaired) electrons. The molecule has 0 aliphatic carbocycles. The van der Waals surface area contributed by atoms with Crippen LogP contribution in [0.25, 0.3) is 0 Å². The van der Waals surface area contributed by atoms with Crippen LogP contribution in [0.15, 0.2) is 12.2 Å². The quantitative estimate of drug-likeness (QED) is 0.0195. The summed E-state index contributed by atoms with van der Waals surface area (Å²) in [5.41, 5.74) is 0. The van der Waals surface area contributed by atoms with Gasteiger partial charge in [-0.05, 0) is 38.5 Å². The zero-order valence-electron chi connectivity index (χ0n) is 62.1. The third kappa shape index (κ3) is 77.6. The van der Waals surface area contributed by atoms with Crippen LogP contribution in [0.5, 0.6) is 0 Å². The minimum Gasteiger partial charge on any atom is -0.756 e. The van der Waals surface area contributed by atoms with E-state index in [4.69, 9.17) is 18.5 Å². The molecule has 0 aromatic carbocycles. The molecule has 0 N–H and O–H groups in total. The van der Waals surface area contributed by atoms with E-state index in [1.807, 2.05) is 21.1 Å². The number of unbranched alkanes of at least 4 members (excludes halogenated alkanes) is 62. The lowest BCUT2D eigenvalue weighted by Gasteiger charge is -2.28. The number of carbonyl (C=O) groups excluding carboxylic acids is 2. The highest BCUT2D eigenvalue weighted by molar-refractivity contribution is 7.45. The van der Waals surface area contributed by atoms with Crippen LogP contribution >= 0.6 is 7.82 Å². The van der Waals surface area contributed by atoms with E-state index in [2.05, 4.69) is 26.0 Å². The van der Waals surface area contributed by atoms with Gasteiger partial charge in [-0.15, -0.1) is 0 Å². The number of likely N-dealkylation sites (N-methyl/N-ethyl adjacent to an activating group) is 1. The Balaban J connectivity index is 3.85. The Labute approximate surface area is 568 Å². The molecular formula is C81H160NO8P. The van der Waals surface area contributed by atoms with Crippen LogP contribution in [-0.2, 0) is 32.7 Å². The molecule has 0 aliphatic heterocycles. The summed E-state index contributed by atoms with van der Waals surface area (Å²) in [6.45, 7) is 4.34. The first kappa shape index (κ1) is 89.8. The van der Waals surface area contributed by atoms with E-state index < -0.39 is 26.5 Å². The van der Waals surface area contributed by atoms with Gasteiger partial charge < -0.3 is 27.9 Å². The number of carbonyl (C=O) groups is 2. The Morgan fingerprint density at radius 2 is 0.560 bits per heavy atom. The molecule has 2 unspecified atom stereocenters. The highest BCUT2D eigenvalue weighted by atomic mass is 31.2. The summed E-state index contributed by atoms with van der Waals surface area (Å²) in [6.07, 6.45) is 92.2. The van der Waals surface area contributed by atoms with E-state index in [1.54, 1.807) is 0 Å². The Hall–Kier alpha value is -1.25. The molecule has 9 nitrogen and oxygen atoms in total. The summed E-state index contributed by atoms with van der Waals surface area (Å²) in [6, 6.07) is 0. The van der Waals surface area contributed by atoms with Gasteiger partial charge in [0.15, 0.2) is 6.10 Å². The third-order valence-electron chi connectivity index (χ3n) is 19.0. The number of allylic oxidation sites excluding steroid dienone is 2. The molecule has 0 saturated carbocycles. The number of nitrogens with zero attached hydrogens (tertiary/aromatic N) is 1. The van der Waals surface area contributed by atoms with Crippen molar-refractivity contribution in [1.82, 2.24) is 0 Å². The standard InChI is InChI=1S/C81H160NO8P/c1-6-8-10-12-14-16-18-20-22-24-26-28-30-32-34-35-36-37-38-39-40-41-42-43-44-45-46-47-48-50-52-54-56-58-60-62-64-66-68-70-72-74-81(84)90-79(78-89-91(85,86)88-76-75-82(3,4)5)77-87-80(83)73-71-69-67-65-63-61-59-57-55-53-51-49-33-31-29-27-25-23-21-19-17-15-13-11-9-7-2/h24,26,79H,6-23,25,27-78H2,1-5H3/b26-24-. The molecule has 0 spiro atoms. The molecule has 0 aliphatic rings. The Morgan fingerprint density at radius 1 is 0.330 bits per heavy atom. The maximum absolute atomic E-state index is 12.9. The third-order valence-corrected chi connectivity index (χ3v) is 20.0. The van der Waals surface area contributed by atoms with Crippen molar-refractivity contribution in [2.75, 3.05) is 47.5 Å². The van der Waals surface area contributed by atoms with Gasteiger partial charge in [0.2, 0.25) is 0 Å². The number of phosphoric acid groups is 1. The van der Waals surface area contributed by atoms with Gasteiger partial charge in [-0.3, -0.25) is 14.2 Å². The second-order valence-corrected chi connectivity index (χ2v) is 30.9. The SMILES string of the molecule is CCCCCCCCCC/C=C\CCCCCCCCCCCCCCCCCCCCCCCCCCCCCCCC(=O)OC(COC(=O)CCCCCCCCCCCCCCCCCCCCCCCCCCCC)COP(=O)([O-])OCC[N+](C)(C)C. The van der Waals surface area contributed by atoms with Gasteiger partial charge in [0.25, 0.3) is 7.82 Å². The summed E-state index contributed by atoms with van der Waals surface area (Å²) in [7, 11) is 1.20. The lowest BCUT2D eigenvalue weighted by Crippen LogP contribution is -2.37. The van der Waals surface area contributed by atoms with Gasteiger partial charge in [0.05, 0.1) is 27.7 Å². The topological polar surface area (TPSA) is 111 Å². The summed E-state index contributed by atoms with van der Waals surface area (Å²) in [5.74, 6) is -0.802. The van der Waals surface area contributed by atoms with Crippen LogP contribution in [0.1, 0.15) is 444 Å². The molecule has 0 heterocycles. The number of phosphoric ester groups is 1. The van der Waals surface area contributed by atoms with Gasteiger partial charge in [0, 0.05) is 12.8 Å². The highest BCUT2D eigenvalue weighted by Crippen LogP contribution is 2.38. The fourth-order valence-corrected chi connectivity index (χ4v) is 13.5. The van der Waals surface area contributed by atoms with Gasteiger partial charge in [-0.2, -0.15) is 0 Å². The maximum atomic E-state index is 12.9. The fourth-order valence-electron chi connectivity index (χ4n) is 12.8. The monoisotopic (exact) mass is 1310 g/mol. The number of hydrogen-bond acceptors (Lipinski definition) is 8. The summed E-state index contributed by atoms with van der Waals surface area (Å²) in [5, 5.41) is 0. The zero-order valence-corrected chi connectivity index (χ0v) is 63.0. The Morgan fingerprint density at radius 3 is 0.813 bits per heavy atom. The zero-order chi connectivity index (χ0) is 66.2. The van der Waals surface area contributed by atoms with Crippen molar-refractivity contribution in [3.8, 4) is 0 Å². The molecule has 2 atom stereocenters. The first-order chi connectivity index (χ1) is 44.5. The number of rotatable bonds is 78. The van der Waals surface area contributed by atoms with Crippen LogP contribution in [0.3, 0.4) is 0 Å². The molecule has 10 heteroatoms. The summed E-state index contributed by atoms with van der Waals surface area (Å²) >= 11 is 0. The van der Waals surface area contributed by atoms with Crippen molar-refractivity contribution in [3.63, 3.8) is 0 Å². The van der Waals surface area contributed by atoms with Crippen LogP contribution in [0.2, 0.25) is 0 Å². The molecule has 0 amide bonds. The van der Waals surface area contributed by atoms with Crippen LogP contribution < -0.4 is 4.89 Å². The average Bonchev–Trinajstić information content (AvgIpc) is 3.69. The normalized spacial score (nSPS) is 13.0. The first-order valence-electron chi connectivity index (χ1n) is 40.9. The van der Waals surface area contributed by atoms with E-state index in [0.29, 0.717) is 17.4 Å². The first-order valence-corrected chi connectivity index (χ1v) is 42.4. The van der Waals surface area contributed by atoms with Crippen molar-refractivity contribution in [2.45, 2.75) is 450 Å². The van der Waals surface area contributed by atoms with Crippen molar-refractivity contribution in [1.29, 1.82) is 0 Å². The molecule has 0 aromatic heterocycles. The number of hydrogen-bond donors (Lipinski definition) is 0. The molecule has 0 saturated heterocycles. The average molecular weight is 1310 g/mol. The lowest BCUT2D eigenvalue weighted by atomic mass is 10.0. The van der Waals surface area contributed by atoms with Gasteiger partial charge in [-0.1, -0.05) is 405 Å². The van der Waals surface area contributed by atoms with Crippen molar-refractivity contribution >= 4 is 19.8 Å². The minimum atomic E-state index is -4.64. The van der Waals surface area contributed by atoms with E-state index in [1.165, 1.54) is 379 Å². The molecule has 0 rings (SSSR count). The van der Waals surface area contributed by atoms with Gasteiger partial charge >= 0.3 is 11.9 Å². The minimum absolute atomic E-state index is 0.0253. The Bertz CT molecular complexity index is 1540. The van der Waals surface area contributed by atoms with Crippen LogP contribution in [0, 0.1) is 0 Å². The van der Waals surface area contributed by atoms with E-state index in [9.17, 15) is 19.0 Å². The van der Waals surface area contributed by atoms with Crippen LogP contribution in [-0.4, -0.2) is 70.0 Å². The van der Waals surface area contributed by atoms with Crippen molar-refractivity contribution < 1.29 is 42.1 Å². The molecular weight excluding hydrogens is 1150 g/mol. The van der Waals surface area contributed by atoms with E-state index >= 15 is 0 Å². The van der Waals surface area contributed by atoms with E-state index in [0.717, 1.165) is 32.1 Å². The van der Waals surface area contributed by atoms with Crippen molar-refractivity contribution in [3.05, 3.63) is 12.2 Å². The smallest absolute Gasteiger partial charge is 0.306 e. The molecule has 0 aromatic rings. The summed E-state index contributed by atoms with van der Waals surface area (Å²) in [4.78, 5) is 38.2. The van der Waals surface area contributed by atoms with Gasteiger partial charge in [0.1, 0.15) is 19.8 Å². The predicted octanol–water partition coefficient (Wildman–Crippen LogP) is 26.4. The lowest BCUT2D eigenvalue weighted by molar-refractivity contribution is -0.870. The second-order valence-electron chi connectivity index (χ2n) is 29.5. The molecule has 0 bridgehead atoms. The van der Waals surface area contributed by atoms with Crippen LogP contribution in [0.4, 0.5) is 0 Å². The molecule has 542 valence electrons. The fraction of sp³-hybridized carbons (Fsp3) is 0.951. The number of ether oxygens (including phenoxy) is 2. The Kier molecular flexibility index (Phi) is 72.0. The second kappa shape index (κ2) is 73.0. The number of quaternary nitrogens is 1. The summed E-state index contributed by atoms with van der Waals surface area (Å²) < 4.78 is 34.4. The van der Waals surface area contributed by atoms with E-state index in [-0.39, 0.29) is 32.0 Å². The van der Waals surface area contributed by atoms with Crippen molar-refractivity contribution in [2.24, 2.45) is 0 Å². The number of esters is 2. The molecule has 91 heavy (non-hydrogen) atoms. The maximum Gasteiger partial charge on any atom is 0.306 e.